The second kappa shape index (κ2) is 5.48. The Balaban J connectivity index is 2.05. The van der Waals surface area contributed by atoms with Gasteiger partial charge in [-0.1, -0.05) is 48.0 Å². The van der Waals surface area contributed by atoms with Gasteiger partial charge in [0.1, 0.15) is 11.4 Å². The van der Waals surface area contributed by atoms with Crippen LogP contribution in [-0.2, 0) is 7.05 Å². The number of hydrogen-bond donors (Lipinski definition) is 0. The molecule has 0 aliphatic rings. The van der Waals surface area contributed by atoms with E-state index in [4.69, 9.17) is 11.6 Å². The molecule has 2 aromatic heterocycles. The lowest BCUT2D eigenvalue weighted by Gasteiger charge is -2.10. The Kier molecular flexibility index (Phi) is 3.32. The van der Waals surface area contributed by atoms with Crippen molar-refractivity contribution in [1.82, 2.24) is 19.7 Å². The Labute approximate surface area is 138 Å². The minimum absolute atomic E-state index is 0.675. The molecule has 0 radical (unpaired) electrons. The SMILES string of the molecule is Cn1ccnc1-c1nnc(-c2ccccc2)c2cc(Cl)ccc12. The summed E-state index contributed by atoms with van der Waals surface area (Å²) in [6.45, 7) is 0. The Morgan fingerprint density at radius 2 is 1.70 bits per heavy atom. The summed E-state index contributed by atoms with van der Waals surface area (Å²) in [5, 5.41) is 11.5. The lowest BCUT2D eigenvalue weighted by molar-refractivity contribution is 0.909. The average Bonchev–Trinajstić information content (AvgIpc) is 3.00. The number of rotatable bonds is 2. The topological polar surface area (TPSA) is 43.6 Å². The van der Waals surface area contributed by atoms with E-state index in [1.54, 1.807) is 6.20 Å². The van der Waals surface area contributed by atoms with Crippen LogP contribution in [0.3, 0.4) is 0 Å². The first kappa shape index (κ1) is 13.9. The normalized spacial score (nSPS) is 11.0. The molecule has 0 bridgehead atoms. The number of aromatic nitrogens is 4. The van der Waals surface area contributed by atoms with Crippen LogP contribution in [0.15, 0.2) is 60.9 Å². The first-order chi connectivity index (χ1) is 11.2. The van der Waals surface area contributed by atoms with Gasteiger partial charge < -0.3 is 4.57 Å². The molecule has 0 N–H and O–H groups in total. The van der Waals surface area contributed by atoms with E-state index in [9.17, 15) is 0 Å². The van der Waals surface area contributed by atoms with Crippen LogP contribution in [0.2, 0.25) is 5.02 Å². The third-order valence-corrected chi connectivity index (χ3v) is 4.06. The van der Waals surface area contributed by atoms with Crippen LogP contribution < -0.4 is 0 Å². The summed E-state index contributed by atoms with van der Waals surface area (Å²) < 4.78 is 1.93. The number of aryl methyl sites for hydroxylation is 1. The maximum Gasteiger partial charge on any atom is 0.160 e. The maximum atomic E-state index is 6.22. The van der Waals surface area contributed by atoms with Crippen LogP contribution in [0.1, 0.15) is 0 Å². The highest BCUT2D eigenvalue weighted by Gasteiger charge is 2.15. The van der Waals surface area contributed by atoms with Gasteiger partial charge in [0, 0.05) is 40.8 Å². The summed E-state index contributed by atoms with van der Waals surface area (Å²) >= 11 is 6.22. The van der Waals surface area contributed by atoms with Crippen molar-refractivity contribution in [3.63, 3.8) is 0 Å². The lowest BCUT2D eigenvalue weighted by Crippen LogP contribution is -1.99. The van der Waals surface area contributed by atoms with E-state index >= 15 is 0 Å². The zero-order chi connectivity index (χ0) is 15.8. The Hall–Kier alpha value is -2.72. The molecule has 0 unspecified atom stereocenters. The quantitative estimate of drug-likeness (QED) is 0.551. The zero-order valence-corrected chi connectivity index (χ0v) is 13.2. The van der Waals surface area contributed by atoms with Gasteiger partial charge in [0.05, 0.1) is 0 Å². The van der Waals surface area contributed by atoms with Crippen LogP contribution in [0.5, 0.6) is 0 Å². The molecule has 112 valence electrons. The fourth-order valence-electron chi connectivity index (χ4n) is 2.69. The van der Waals surface area contributed by atoms with Gasteiger partial charge in [-0.25, -0.2) is 4.98 Å². The Morgan fingerprint density at radius 3 is 2.43 bits per heavy atom. The molecule has 2 aromatic carbocycles. The van der Waals surface area contributed by atoms with Crippen LogP contribution >= 0.6 is 11.6 Å². The summed E-state index contributed by atoms with van der Waals surface area (Å²) in [7, 11) is 1.94. The van der Waals surface area contributed by atoms with Gasteiger partial charge in [-0.05, 0) is 12.1 Å². The molecule has 5 heteroatoms. The molecule has 4 nitrogen and oxygen atoms in total. The molecule has 2 heterocycles. The first-order valence-corrected chi connectivity index (χ1v) is 7.61. The predicted octanol–water partition coefficient (Wildman–Crippen LogP) is 4.35. The van der Waals surface area contributed by atoms with E-state index in [1.807, 2.05) is 66.3 Å². The molecule has 0 aliphatic carbocycles. The molecule has 0 saturated heterocycles. The zero-order valence-electron chi connectivity index (χ0n) is 12.4. The number of imidazole rings is 1. The molecule has 4 rings (SSSR count). The summed E-state index contributed by atoms with van der Waals surface area (Å²) in [5.41, 5.74) is 2.59. The second-order valence-electron chi connectivity index (χ2n) is 5.31. The van der Waals surface area contributed by atoms with E-state index in [0.29, 0.717) is 5.02 Å². The van der Waals surface area contributed by atoms with Crippen molar-refractivity contribution in [2.45, 2.75) is 0 Å². The van der Waals surface area contributed by atoms with Crippen molar-refractivity contribution in [3.8, 4) is 22.8 Å². The summed E-state index contributed by atoms with van der Waals surface area (Å²) in [6.07, 6.45) is 3.65. The molecule has 0 amide bonds. The van der Waals surface area contributed by atoms with Crippen molar-refractivity contribution in [1.29, 1.82) is 0 Å². The highest BCUT2D eigenvalue weighted by Crippen LogP contribution is 2.33. The van der Waals surface area contributed by atoms with Gasteiger partial charge in [0.25, 0.3) is 0 Å². The number of nitrogens with zero attached hydrogens (tertiary/aromatic N) is 4. The van der Waals surface area contributed by atoms with Crippen molar-refractivity contribution >= 4 is 22.4 Å². The van der Waals surface area contributed by atoms with Crippen LogP contribution in [0.25, 0.3) is 33.5 Å². The minimum Gasteiger partial charge on any atom is -0.333 e. The van der Waals surface area contributed by atoms with E-state index in [1.165, 1.54) is 0 Å². The molecule has 0 fully saturated rings. The minimum atomic E-state index is 0.675. The third kappa shape index (κ3) is 2.37. The molecule has 0 aliphatic heterocycles. The number of halogens is 1. The van der Waals surface area contributed by atoms with Crippen LogP contribution in [0.4, 0.5) is 0 Å². The first-order valence-electron chi connectivity index (χ1n) is 7.23. The van der Waals surface area contributed by atoms with Gasteiger partial charge >= 0.3 is 0 Å². The highest BCUT2D eigenvalue weighted by atomic mass is 35.5. The number of benzene rings is 2. The fraction of sp³-hybridized carbons (Fsp3) is 0.0556. The van der Waals surface area contributed by atoms with Crippen molar-refractivity contribution < 1.29 is 0 Å². The smallest absolute Gasteiger partial charge is 0.160 e. The van der Waals surface area contributed by atoms with Crippen molar-refractivity contribution in [2.75, 3.05) is 0 Å². The molecular formula is C18H13ClN4. The molecule has 0 spiro atoms. The lowest BCUT2D eigenvalue weighted by atomic mass is 10.0. The van der Waals surface area contributed by atoms with Gasteiger partial charge in [-0.3, -0.25) is 0 Å². The van der Waals surface area contributed by atoms with Crippen LogP contribution in [-0.4, -0.2) is 19.7 Å². The van der Waals surface area contributed by atoms with Gasteiger partial charge in [0.2, 0.25) is 0 Å². The number of fused-ring (bicyclic) bond motifs is 1. The van der Waals surface area contributed by atoms with Gasteiger partial charge in [-0.15, -0.1) is 10.2 Å². The van der Waals surface area contributed by atoms with Crippen molar-refractivity contribution in [3.05, 3.63) is 65.9 Å². The van der Waals surface area contributed by atoms with Gasteiger partial charge in [-0.2, -0.15) is 0 Å². The Bertz CT molecular complexity index is 993. The fourth-order valence-corrected chi connectivity index (χ4v) is 2.87. The van der Waals surface area contributed by atoms with E-state index in [0.717, 1.165) is 33.5 Å². The molecule has 23 heavy (non-hydrogen) atoms. The van der Waals surface area contributed by atoms with Crippen molar-refractivity contribution in [2.24, 2.45) is 7.05 Å². The maximum absolute atomic E-state index is 6.22. The average molecular weight is 321 g/mol. The monoisotopic (exact) mass is 320 g/mol. The molecule has 0 saturated carbocycles. The standard InChI is InChI=1S/C18H13ClN4/c1-23-10-9-20-18(23)17-14-8-7-13(19)11-15(14)16(21-22-17)12-5-3-2-4-6-12/h2-11H,1H3. The van der Waals surface area contributed by atoms with Crippen LogP contribution in [0, 0.1) is 0 Å². The van der Waals surface area contributed by atoms with E-state index < -0.39 is 0 Å². The highest BCUT2D eigenvalue weighted by molar-refractivity contribution is 6.31. The summed E-state index contributed by atoms with van der Waals surface area (Å²) in [6, 6.07) is 15.8. The summed E-state index contributed by atoms with van der Waals surface area (Å²) in [5.74, 6) is 0.782. The predicted molar refractivity (Wildman–Crippen MR) is 92.2 cm³/mol. The van der Waals surface area contributed by atoms with E-state index in [2.05, 4.69) is 15.2 Å². The third-order valence-electron chi connectivity index (χ3n) is 3.82. The molecule has 0 atom stereocenters. The largest absolute Gasteiger partial charge is 0.333 e. The van der Waals surface area contributed by atoms with Gasteiger partial charge in [0.15, 0.2) is 5.82 Å². The number of hydrogen-bond acceptors (Lipinski definition) is 3. The second-order valence-corrected chi connectivity index (χ2v) is 5.75. The summed E-state index contributed by atoms with van der Waals surface area (Å²) in [4.78, 5) is 4.39. The van der Waals surface area contributed by atoms with E-state index in [-0.39, 0.29) is 0 Å². The Morgan fingerprint density at radius 1 is 0.913 bits per heavy atom. The molecular weight excluding hydrogens is 308 g/mol. The molecule has 4 aromatic rings.